The van der Waals surface area contributed by atoms with E-state index in [1.807, 2.05) is 6.07 Å². The Kier molecular flexibility index (Phi) is 6.68. The number of piperazine rings is 1. The third-order valence-corrected chi connectivity index (χ3v) is 5.71. The van der Waals surface area contributed by atoms with Crippen LogP contribution in [0, 0.1) is 6.92 Å². The van der Waals surface area contributed by atoms with Crippen molar-refractivity contribution in [2.75, 3.05) is 53.5 Å². The number of fused-ring (bicyclic) bond motifs is 1. The Hall–Kier alpha value is -3.84. The van der Waals surface area contributed by atoms with E-state index in [1.54, 1.807) is 25.1 Å². The van der Waals surface area contributed by atoms with Crippen molar-refractivity contribution in [1.29, 1.82) is 0 Å². The van der Waals surface area contributed by atoms with Crippen molar-refractivity contribution >= 4 is 5.65 Å². The molecule has 0 aromatic carbocycles. The smallest absolute Gasteiger partial charge is 0.275 e. The van der Waals surface area contributed by atoms with Crippen LogP contribution >= 0.6 is 0 Å². The second-order valence-corrected chi connectivity index (χ2v) is 8.28. The van der Waals surface area contributed by atoms with Gasteiger partial charge in [-0.05, 0) is 20.0 Å². The Morgan fingerprint density at radius 3 is 2.57 bits per heavy atom. The molecule has 35 heavy (non-hydrogen) atoms. The van der Waals surface area contributed by atoms with Gasteiger partial charge in [-0.2, -0.15) is 4.52 Å². The molecule has 0 aliphatic carbocycles. The largest absolute Gasteiger partial charge is 0.491 e. The Balaban J connectivity index is 1.21. The van der Waals surface area contributed by atoms with Gasteiger partial charge < -0.3 is 23.6 Å². The zero-order chi connectivity index (χ0) is 24.2. The number of methoxy groups -OCH3 is 1. The van der Waals surface area contributed by atoms with E-state index in [4.69, 9.17) is 18.7 Å². The molecule has 0 atom stereocenters. The average Bonchev–Trinajstić information content (AvgIpc) is 3.49. The maximum atomic E-state index is 5.89. The number of hydrogen-bond acceptors (Lipinski definition) is 12. The molecule has 0 saturated carbocycles. The molecule has 4 aromatic rings. The van der Waals surface area contributed by atoms with E-state index in [0.717, 1.165) is 32.7 Å². The van der Waals surface area contributed by atoms with Crippen LogP contribution in [0.3, 0.4) is 0 Å². The lowest BCUT2D eigenvalue weighted by atomic mass is 10.3. The number of likely N-dealkylation sites (N-methyl/N-ethyl adjacent to an activating group) is 1. The first-order valence-corrected chi connectivity index (χ1v) is 11.3. The van der Waals surface area contributed by atoms with Crippen LogP contribution in [0.4, 0.5) is 0 Å². The lowest BCUT2D eigenvalue weighted by Crippen LogP contribution is -2.45. The van der Waals surface area contributed by atoms with Crippen LogP contribution in [-0.4, -0.2) is 98.5 Å². The Labute approximate surface area is 201 Å². The molecule has 1 fully saturated rings. The molecule has 13 heteroatoms. The second-order valence-electron chi connectivity index (χ2n) is 8.28. The number of ether oxygens (including phenoxy) is 3. The van der Waals surface area contributed by atoms with Gasteiger partial charge in [0.1, 0.15) is 24.7 Å². The topological polar surface area (TPSA) is 129 Å². The van der Waals surface area contributed by atoms with Gasteiger partial charge in [-0.15, -0.1) is 25.5 Å². The summed E-state index contributed by atoms with van der Waals surface area (Å²) in [5.74, 6) is 2.26. The molecule has 1 aliphatic rings. The highest BCUT2D eigenvalue weighted by molar-refractivity contribution is 5.56. The van der Waals surface area contributed by atoms with E-state index in [9.17, 15) is 0 Å². The standard InChI is InChI=1S/C22H27N9O4/c1-15-12-17(28-35-15)21-26-24-19-13-18(32-3)22(27-31(19)21)34-14-16-4-5-20(25-23-16)33-11-10-30-8-6-29(2)7-9-30/h4-5,12-13H,6-11,14H2,1-3H3. The molecule has 13 nitrogen and oxygen atoms in total. The zero-order valence-corrected chi connectivity index (χ0v) is 19.9. The average molecular weight is 482 g/mol. The van der Waals surface area contributed by atoms with Crippen LogP contribution in [-0.2, 0) is 6.61 Å². The van der Waals surface area contributed by atoms with Gasteiger partial charge in [-0.3, -0.25) is 4.90 Å². The van der Waals surface area contributed by atoms with E-state index in [2.05, 4.69) is 47.5 Å². The molecule has 1 aliphatic heterocycles. The maximum Gasteiger partial charge on any atom is 0.275 e. The van der Waals surface area contributed by atoms with Gasteiger partial charge >= 0.3 is 0 Å². The molecule has 0 N–H and O–H groups in total. The van der Waals surface area contributed by atoms with Gasteiger partial charge in [0.2, 0.25) is 11.7 Å². The fraction of sp³-hybridized carbons (Fsp3) is 0.455. The first-order chi connectivity index (χ1) is 17.1. The van der Waals surface area contributed by atoms with Crippen LogP contribution in [0.2, 0.25) is 0 Å². The zero-order valence-electron chi connectivity index (χ0n) is 19.9. The van der Waals surface area contributed by atoms with Gasteiger partial charge in [-0.1, -0.05) is 5.16 Å². The van der Waals surface area contributed by atoms with Crippen molar-refractivity contribution in [1.82, 2.24) is 45.0 Å². The summed E-state index contributed by atoms with van der Waals surface area (Å²) in [6.45, 7) is 7.66. The lowest BCUT2D eigenvalue weighted by Gasteiger charge is -2.32. The van der Waals surface area contributed by atoms with Crippen molar-refractivity contribution in [3.8, 4) is 29.0 Å². The molecule has 0 spiro atoms. The van der Waals surface area contributed by atoms with Crippen LogP contribution in [0.5, 0.6) is 17.5 Å². The third-order valence-electron chi connectivity index (χ3n) is 5.71. The summed E-state index contributed by atoms with van der Waals surface area (Å²) in [5.41, 5.74) is 1.63. The summed E-state index contributed by atoms with van der Waals surface area (Å²) in [6, 6.07) is 7.04. The fourth-order valence-electron chi connectivity index (χ4n) is 3.67. The van der Waals surface area contributed by atoms with Gasteiger partial charge in [0, 0.05) is 50.9 Å². The molecule has 5 heterocycles. The van der Waals surface area contributed by atoms with E-state index in [-0.39, 0.29) is 12.5 Å². The minimum atomic E-state index is 0.143. The van der Waals surface area contributed by atoms with Crippen LogP contribution in [0.15, 0.2) is 28.8 Å². The highest BCUT2D eigenvalue weighted by Crippen LogP contribution is 2.28. The first-order valence-electron chi connectivity index (χ1n) is 11.3. The fourth-order valence-corrected chi connectivity index (χ4v) is 3.67. The van der Waals surface area contributed by atoms with Crippen molar-refractivity contribution in [2.45, 2.75) is 13.5 Å². The predicted octanol–water partition coefficient (Wildman–Crippen LogP) is 1.09. The Morgan fingerprint density at radius 2 is 1.86 bits per heavy atom. The number of hydrogen-bond donors (Lipinski definition) is 0. The summed E-state index contributed by atoms with van der Waals surface area (Å²) >= 11 is 0. The molecular weight excluding hydrogens is 454 g/mol. The van der Waals surface area contributed by atoms with Crippen LogP contribution in [0.25, 0.3) is 17.2 Å². The molecule has 0 unspecified atom stereocenters. The van der Waals surface area contributed by atoms with Gasteiger partial charge in [0.25, 0.3) is 5.88 Å². The molecule has 1 saturated heterocycles. The van der Waals surface area contributed by atoms with Gasteiger partial charge in [0.15, 0.2) is 17.1 Å². The Bertz CT molecular complexity index is 1270. The highest BCUT2D eigenvalue weighted by atomic mass is 16.5. The van der Waals surface area contributed by atoms with Crippen molar-refractivity contribution in [2.24, 2.45) is 0 Å². The molecular formula is C22H27N9O4. The second kappa shape index (κ2) is 10.2. The molecule has 184 valence electrons. The van der Waals surface area contributed by atoms with E-state index < -0.39 is 0 Å². The highest BCUT2D eigenvalue weighted by Gasteiger charge is 2.18. The van der Waals surface area contributed by atoms with Gasteiger partial charge in [-0.25, -0.2) is 0 Å². The Morgan fingerprint density at radius 1 is 1.00 bits per heavy atom. The van der Waals surface area contributed by atoms with Crippen LogP contribution < -0.4 is 14.2 Å². The minimum Gasteiger partial charge on any atom is -0.491 e. The summed E-state index contributed by atoms with van der Waals surface area (Å²) in [5, 5.41) is 25.1. The summed E-state index contributed by atoms with van der Waals surface area (Å²) in [4.78, 5) is 4.72. The number of rotatable bonds is 9. The van der Waals surface area contributed by atoms with E-state index >= 15 is 0 Å². The monoisotopic (exact) mass is 481 g/mol. The van der Waals surface area contributed by atoms with Crippen LogP contribution in [0.1, 0.15) is 11.5 Å². The summed E-state index contributed by atoms with van der Waals surface area (Å²) in [7, 11) is 3.68. The SMILES string of the molecule is COc1cc2nnc(-c3cc(C)on3)n2nc1OCc1ccc(OCCN2CCN(C)CC2)nn1. The molecule has 0 radical (unpaired) electrons. The maximum absolute atomic E-state index is 5.89. The van der Waals surface area contributed by atoms with E-state index in [1.165, 1.54) is 11.6 Å². The van der Waals surface area contributed by atoms with Crippen molar-refractivity contribution < 1.29 is 18.7 Å². The van der Waals surface area contributed by atoms with Crippen molar-refractivity contribution in [3.05, 3.63) is 35.7 Å². The predicted molar refractivity (Wildman–Crippen MR) is 123 cm³/mol. The summed E-state index contributed by atoms with van der Waals surface area (Å²) < 4.78 is 23.7. The minimum absolute atomic E-state index is 0.143. The molecule has 0 amide bonds. The lowest BCUT2D eigenvalue weighted by molar-refractivity contribution is 0.132. The summed E-state index contributed by atoms with van der Waals surface area (Å²) in [6.07, 6.45) is 0. The molecule has 0 bridgehead atoms. The number of nitrogens with zero attached hydrogens (tertiary/aromatic N) is 9. The first kappa shape index (κ1) is 22.9. The van der Waals surface area contributed by atoms with E-state index in [0.29, 0.717) is 46.9 Å². The molecule has 4 aromatic heterocycles. The van der Waals surface area contributed by atoms with Crippen molar-refractivity contribution in [3.63, 3.8) is 0 Å². The third kappa shape index (κ3) is 5.30. The molecule has 5 rings (SSSR count). The number of aryl methyl sites for hydroxylation is 1. The normalized spacial score (nSPS) is 14.9. The quantitative estimate of drug-likeness (QED) is 0.339. The van der Waals surface area contributed by atoms with Gasteiger partial charge in [0.05, 0.1) is 7.11 Å². The number of aromatic nitrogens is 7.